The van der Waals surface area contributed by atoms with Crippen LogP contribution in [-0.2, 0) is 12.8 Å². The van der Waals surface area contributed by atoms with Gasteiger partial charge in [-0.1, -0.05) is 28.1 Å². The highest BCUT2D eigenvalue weighted by molar-refractivity contribution is 9.10. The lowest BCUT2D eigenvalue weighted by atomic mass is 9.96. The van der Waals surface area contributed by atoms with Gasteiger partial charge in [0.25, 0.3) is 5.91 Å². The topological polar surface area (TPSA) is 70.1 Å². The first-order valence-corrected chi connectivity index (χ1v) is 7.68. The zero-order chi connectivity index (χ0) is 14.7. The van der Waals surface area contributed by atoms with Gasteiger partial charge in [0, 0.05) is 15.7 Å². The maximum Gasteiger partial charge on any atom is 0.292 e. The number of fused-ring (bicyclic) bond motifs is 1. The maximum atomic E-state index is 12.1. The van der Waals surface area contributed by atoms with E-state index in [1.54, 1.807) is 6.21 Å². The first-order valence-electron chi connectivity index (χ1n) is 6.89. The van der Waals surface area contributed by atoms with Crippen molar-refractivity contribution in [3.05, 3.63) is 51.3 Å². The maximum absolute atomic E-state index is 12.1. The fourth-order valence-electron chi connectivity index (χ4n) is 2.44. The molecule has 6 heteroatoms. The number of aryl methyl sites for hydroxylation is 1. The van der Waals surface area contributed by atoms with Crippen LogP contribution in [0.5, 0.6) is 0 Å². The van der Waals surface area contributed by atoms with E-state index >= 15 is 0 Å². The van der Waals surface area contributed by atoms with E-state index in [0.29, 0.717) is 5.69 Å². The molecule has 0 radical (unpaired) electrons. The molecule has 1 aromatic heterocycles. The van der Waals surface area contributed by atoms with Crippen LogP contribution < -0.4 is 5.43 Å². The van der Waals surface area contributed by atoms with Crippen LogP contribution in [-0.4, -0.2) is 22.3 Å². The number of carbonyl (C=O) groups is 1. The van der Waals surface area contributed by atoms with Gasteiger partial charge in [0.2, 0.25) is 0 Å². The Labute approximate surface area is 131 Å². The van der Waals surface area contributed by atoms with E-state index in [9.17, 15) is 4.79 Å². The van der Waals surface area contributed by atoms with E-state index in [2.05, 4.69) is 36.7 Å². The van der Waals surface area contributed by atoms with E-state index in [-0.39, 0.29) is 5.91 Å². The first kappa shape index (κ1) is 14.0. The number of benzene rings is 1. The summed E-state index contributed by atoms with van der Waals surface area (Å²) in [5.74, 6) is -0.261. The van der Waals surface area contributed by atoms with Crippen LogP contribution in [0.1, 0.15) is 40.2 Å². The summed E-state index contributed by atoms with van der Waals surface area (Å²) in [7, 11) is 0. The van der Waals surface area contributed by atoms with Crippen molar-refractivity contribution in [3.8, 4) is 0 Å². The molecule has 21 heavy (non-hydrogen) atoms. The minimum atomic E-state index is -0.261. The number of halogens is 1. The van der Waals surface area contributed by atoms with Crippen molar-refractivity contribution in [1.29, 1.82) is 0 Å². The average Bonchev–Trinajstić information content (AvgIpc) is 2.93. The summed E-state index contributed by atoms with van der Waals surface area (Å²) in [6.45, 7) is 0. The number of hydrogen-bond donors (Lipinski definition) is 2. The van der Waals surface area contributed by atoms with Crippen molar-refractivity contribution in [1.82, 2.24) is 15.6 Å². The third-order valence-corrected chi connectivity index (χ3v) is 4.05. The van der Waals surface area contributed by atoms with Crippen molar-refractivity contribution in [3.63, 3.8) is 0 Å². The van der Waals surface area contributed by atoms with Crippen LogP contribution in [0.4, 0.5) is 0 Å². The number of amides is 1. The first-order chi connectivity index (χ1) is 10.2. The number of carbonyl (C=O) groups excluding carboxylic acids is 1. The van der Waals surface area contributed by atoms with Gasteiger partial charge in [0.1, 0.15) is 0 Å². The normalized spacial score (nSPS) is 14.1. The largest absolute Gasteiger partial charge is 0.292 e. The molecule has 2 aromatic rings. The standard InChI is InChI=1S/C15H15BrN4O/c16-11-7-5-10(6-8-11)9-17-20-15(21)14-12-3-1-2-4-13(12)18-19-14/h5-9H,1-4H2,(H,18,19)(H,20,21)/b17-9-. The van der Waals surface area contributed by atoms with Gasteiger partial charge in [0.05, 0.1) is 6.21 Å². The van der Waals surface area contributed by atoms with Gasteiger partial charge in [-0.25, -0.2) is 5.43 Å². The molecule has 0 atom stereocenters. The van der Waals surface area contributed by atoms with E-state index < -0.39 is 0 Å². The Morgan fingerprint density at radius 2 is 2.05 bits per heavy atom. The number of aromatic nitrogens is 2. The van der Waals surface area contributed by atoms with Crippen LogP contribution in [0.15, 0.2) is 33.8 Å². The Kier molecular flexibility index (Phi) is 4.15. The second-order valence-corrected chi connectivity index (χ2v) is 5.90. The summed E-state index contributed by atoms with van der Waals surface area (Å²) >= 11 is 3.37. The molecule has 3 rings (SSSR count). The van der Waals surface area contributed by atoms with E-state index in [0.717, 1.165) is 47.0 Å². The number of hydrazone groups is 1. The number of aromatic amines is 1. The van der Waals surface area contributed by atoms with Gasteiger partial charge in [0.15, 0.2) is 5.69 Å². The zero-order valence-corrected chi connectivity index (χ0v) is 13.0. The van der Waals surface area contributed by atoms with Crippen LogP contribution in [0, 0.1) is 0 Å². The van der Waals surface area contributed by atoms with E-state index in [1.165, 1.54) is 0 Å². The summed E-state index contributed by atoms with van der Waals surface area (Å²) in [5, 5.41) is 11.1. The van der Waals surface area contributed by atoms with Gasteiger partial charge >= 0.3 is 0 Å². The average molecular weight is 347 g/mol. The molecule has 0 aliphatic heterocycles. The summed E-state index contributed by atoms with van der Waals surface area (Å²) in [6.07, 6.45) is 5.75. The molecule has 2 N–H and O–H groups in total. The fraction of sp³-hybridized carbons (Fsp3) is 0.267. The lowest BCUT2D eigenvalue weighted by molar-refractivity contribution is 0.0949. The molecular formula is C15H15BrN4O. The summed E-state index contributed by atoms with van der Waals surface area (Å²) in [6, 6.07) is 7.67. The summed E-state index contributed by atoms with van der Waals surface area (Å²) in [5.41, 5.74) is 6.05. The van der Waals surface area contributed by atoms with Crippen molar-refractivity contribution >= 4 is 28.1 Å². The van der Waals surface area contributed by atoms with Crippen molar-refractivity contribution in [2.45, 2.75) is 25.7 Å². The molecule has 0 saturated heterocycles. The molecule has 108 valence electrons. The lowest BCUT2D eigenvalue weighted by Crippen LogP contribution is -2.20. The van der Waals surface area contributed by atoms with Gasteiger partial charge in [-0.05, 0) is 43.4 Å². The summed E-state index contributed by atoms with van der Waals surface area (Å²) in [4.78, 5) is 12.1. The SMILES string of the molecule is O=C(N/N=C\c1ccc(Br)cc1)c1n[nH]c2c1CCCC2. The highest BCUT2D eigenvalue weighted by atomic mass is 79.9. The second kappa shape index (κ2) is 6.22. The third-order valence-electron chi connectivity index (χ3n) is 3.52. The number of hydrogen-bond acceptors (Lipinski definition) is 3. The highest BCUT2D eigenvalue weighted by Gasteiger charge is 2.21. The molecule has 1 heterocycles. The third kappa shape index (κ3) is 3.21. The molecule has 0 unspecified atom stereocenters. The quantitative estimate of drug-likeness (QED) is 0.662. The molecule has 0 spiro atoms. The number of rotatable bonds is 3. The van der Waals surface area contributed by atoms with Gasteiger partial charge < -0.3 is 0 Å². The Morgan fingerprint density at radius 1 is 1.29 bits per heavy atom. The second-order valence-electron chi connectivity index (χ2n) is 4.99. The molecule has 1 aromatic carbocycles. The molecular weight excluding hydrogens is 332 g/mol. The van der Waals surface area contributed by atoms with Crippen molar-refractivity contribution in [2.24, 2.45) is 5.10 Å². The molecule has 1 aliphatic carbocycles. The van der Waals surface area contributed by atoms with Crippen molar-refractivity contribution < 1.29 is 4.79 Å². The molecule has 1 amide bonds. The Hall–Kier alpha value is -1.95. The Bertz CT molecular complexity index is 675. The van der Waals surface area contributed by atoms with Crippen LogP contribution in [0.25, 0.3) is 0 Å². The minimum Gasteiger partial charge on any atom is -0.281 e. The van der Waals surface area contributed by atoms with E-state index in [4.69, 9.17) is 0 Å². The molecule has 0 bridgehead atoms. The monoisotopic (exact) mass is 346 g/mol. The highest BCUT2D eigenvalue weighted by Crippen LogP contribution is 2.21. The smallest absolute Gasteiger partial charge is 0.281 e. The fourth-order valence-corrected chi connectivity index (χ4v) is 2.70. The van der Waals surface area contributed by atoms with Crippen LogP contribution in [0.2, 0.25) is 0 Å². The zero-order valence-electron chi connectivity index (χ0n) is 11.4. The van der Waals surface area contributed by atoms with Gasteiger partial charge in [-0.2, -0.15) is 10.2 Å². The van der Waals surface area contributed by atoms with Gasteiger partial charge in [-0.15, -0.1) is 0 Å². The molecule has 0 fully saturated rings. The number of H-pyrrole nitrogens is 1. The van der Waals surface area contributed by atoms with E-state index in [1.807, 2.05) is 24.3 Å². The minimum absolute atomic E-state index is 0.261. The predicted octanol–water partition coefficient (Wildman–Crippen LogP) is 2.81. The molecule has 0 saturated carbocycles. The summed E-state index contributed by atoms with van der Waals surface area (Å²) < 4.78 is 1.01. The number of nitrogens with one attached hydrogen (secondary N) is 2. The molecule has 1 aliphatic rings. The molecule has 5 nitrogen and oxygen atoms in total. The van der Waals surface area contributed by atoms with Crippen molar-refractivity contribution in [2.75, 3.05) is 0 Å². The number of nitrogens with zero attached hydrogens (tertiary/aromatic N) is 2. The van der Waals surface area contributed by atoms with Crippen LogP contribution >= 0.6 is 15.9 Å². The predicted molar refractivity (Wildman–Crippen MR) is 84.4 cm³/mol. The lowest BCUT2D eigenvalue weighted by Gasteiger charge is -2.10. The Balaban J connectivity index is 1.66. The Morgan fingerprint density at radius 3 is 2.86 bits per heavy atom. The van der Waals surface area contributed by atoms with Gasteiger partial charge in [-0.3, -0.25) is 9.89 Å². The van der Waals surface area contributed by atoms with Crippen LogP contribution in [0.3, 0.4) is 0 Å².